The summed E-state index contributed by atoms with van der Waals surface area (Å²) < 4.78 is 1.20. The van der Waals surface area contributed by atoms with Gasteiger partial charge in [0.25, 0.3) is 0 Å². The van der Waals surface area contributed by atoms with E-state index in [2.05, 4.69) is 57.6 Å². The Labute approximate surface area is 129 Å². The third-order valence-corrected chi connectivity index (χ3v) is 4.79. The standard InChI is InChI=1S/C18H22BrN/c19-18-12-9-14(16-7-3-4-8-17(16)18)6-2-1-5-13-20-15-10-11-15/h3-4,7-9,12,15,20H,1-2,5-6,10-11,13H2. The lowest BCUT2D eigenvalue weighted by atomic mass is 10.00. The number of nitrogens with one attached hydrogen (secondary N) is 1. The van der Waals surface area contributed by atoms with Crippen molar-refractivity contribution in [3.63, 3.8) is 0 Å². The predicted octanol–water partition coefficient (Wildman–Crippen LogP) is 5.07. The van der Waals surface area contributed by atoms with Gasteiger partial charge in [-0.15, -0.1) is 0 Å². The maximum absolute atomic E-state index is 3.64. The van der Waals surface area contributed by atoms with Crippen molar-refractivity contribution in [1.29, 1.82) is 0 Å². The molecule has 0 bridgehead atoms. The fourth-order valence-corrected chi connectivity index (χ4v) is 3.23. The van der Waals surface area contributed by atoms with Gasteiger partial charge in [0, 0.05) is 10.5 Å². The molecule has 2 heteroatoms. The number of fused-ring (bicyclic) bond motifs is 1. The number of hydrogen-bond donors (Lipinski definition) is 1. The topological polar surface area (TPSA) is 12.0 Å². The number of benzene rings is 2. The van der Waals surface area contributed by atoms with E-state index in [4.69, 9.17) is 0 Å². The second kappa shape index (κ2) is 6.73. The van der Waals surface area contributed by atoms with Crippen LogP contribution in [-0.4, -0.2) is 12.6 Å². The molecule has 0 radical (unpaired) electrons. The Balaban J connectivity index is 1.53. The lowest BCUT2D eigenvalue weighted by Gasteiger charge is -2.08. The Hall–Kier alpha value is -0.860. The van der Waals surface area contributed by atoms with E-state index < -0.39 is 0 Å². The van der Waals surface area contributed by atoms with Crippen LogP contribution in [0.25, 0.3) is 10.8 Å². The highest BCUT2D eigenvalue weighted by atomic mass is 79.9. The van der Waals surface area contributed by atoms with Crippen molar-refractivity contribution in [3.8, 4) is 0 Å². The lowest BCUT2D eigenvalue weighted by Crippen LogP contribution is -2.17. The SMILES string of the molecule is Brc1ccc(CCCCCNC2CC2)c2ccccc12. The van der Waals surface area contributed by atoms with Gasteiger partial charge in [-0.2, -0.15) is 0 Å². The second-order valence-corrected chi connectivity index (χ2v) is 6.65. The Bertz CT molecular complexity index is 575. The largest absolute Gasteiger partial charge is 0.314 e. The molecule has 0 heterocycles. The molecule has 1 aliphatic carbocycles. The summed E-state index contributed by atoms with van der Waals surface area (Å²) in [5.74, 6) is 0. The van der Waals surface area contributed by atoms with Gasteiger partial charge in [-0.1, -0.05) is 52.7 Å². The normalized spacial score (nSPS) is 14.8. The molecular weight excluding hydrogens is 310 g/mol. The molecule has 1 fully saturated rings. The van der Waals surface area contributed by atoms with Crippen LogP contribution in [0.15, 0.2) is 40.9 Å². The van der Waals surface area contributed by atoms with Gasteiger partial charge in [-0.3, -0.25) is 0 Å². The van der Waals surface area contributed by atoms with E-state index in [1.807, 2.05) is 0 Å². The maximum atomic E-state index is 3.64. The lowest BCUT2D eigenvalue weighted by molar-refractivity contribution is 0.601. The minimum absolute atomic E-state index is 0.852. The molecule has 3 rings (SSSR count). The van der Waals surface area contributed by atoms with Crippen molar-refractivity contribution in [1.82, 2.24) is 5.32 Å². The molecule has 2 aromatic rings. The van der Waals surface area contributed by atoms with Crippen molar-refractivity contribution in [2.75, 3.05) is 6.54 Å². The van der Waals surface area contributed by atoms with Gasteiger partial charge < -0.3 is 5.32 Å². The first-order valence-corrected chi connectivity index (χ1v) is 8.53. The van der Waals surface area contributed by atoms with Crippen molar-refractivity contribution in [3.05, 3.63) is 46.4 Å². The minimum Gasteiger partial charge on any atom is -0.314 e. The Morgan fingerprint density at radius 3 is 2.55 bits per heavy atom. The van der Waals surface area contributed by atoms with Crippen LogP contribution < -0.4 is 5.32 Å². The van der Waals surface area contributed by atoms with E-state index in [0.717, 1.165) is 6.04 Å². The molecule has 2 aromatic carbocycles. The van der Waals surface area contributed by atoms with Crippen LogP contribution in [-0.2, 0) is 6.42 Å². The number of halogens is 1. The molecule has 20 heavy (non-hydrogen) atoms. The highest BCUT2D eigenvalue weighted by Crippen LogP contribution is 2.27. The zero-order chi connectivity index (χ0) is 13.8. The fraction of sp³-hybridized carbons (Fsp3) is 0.444. The average molecular weight is 332 g/mol. The van der Waals surface area contributed by atoms with Crippen molar-refractivity contribution in [2.45, 2.75) is 44.6 Å². The molecule has 1 N–H and O–H groups in total. The van der Waals surface area contributed by atoms with E-state index in [-0.39, 0.29) is 0 Å². The molecule has 1 saturated carbocycles. The Morgan fingerprint density at radius 2 is 1.75 bits per heavy atom. The van der Waals surface area contributed by atoms with Gasteiger partial charge in [0.15, 0.2) is 0 Å². The predicted molar refractivity (Wildman–Crippen MR) is 90.2 cm³/mol. The van der Waals surface area contributed by atoms with Gasteiger partial charge in [0.2, 0.25) is 0 Å². The Kier molecular flexibility index (Phi) is 4.74. The summed E-state index contributed by atoms with van der Waals surface area (Å²) in [7, 11) is 0. The van der Waals surface area contributed by atoms with E-state index in [9.17, 15) is 0 Å². The third-order valence-electron chi connectivity index (χ3n) is 4.09. The van der Waals surface area contributed by atoms with Gasteiger partial charge in [0.1, 0.15) is 0 Å². The van der Waals surface area contributed by atoms with E-state index >= 15 is 0 Å². The summed E-state index contributed by atoms with van der Waals surface area (Å²) in [5, 5.41) is 6.32. The first-order chi connectivity index (χ1) is 9.84. The fourth-order valence-electron chi connectivity index (χ4n) is 2.75. The summed E-state index contributed by atoms with van der Waals surface area (Å²) in [6, 6.07) is 14.0. The zero-order valence-electron chi connectivity index (χ0n) is 11.9. The number of unbranched alkanes of at least 4 members (excludes halogenated alkanes) is 2. The molecule has 1 aliphatic rings. The molecule has 0 atom stereocenters. The van der Waals surface area contributed by atoms with Gasteiger partial charge in [0.05, 0.1) is 0 Å². The van der Waals surface area contributed by atoms with Crippen LogP contribution in [0.5, 0.6) is 0 Å². The quantitative estimate of drug-likeness (QED) is 0.698. The zero-order valence-corrected chi connectivity index (χ0v) is 13.5. The molecule has 0 saturated heterocycles. The highest BCUT2D eigenvalue weighted by molar-refractivity contribution is 9.10. The second-order valence-electron chi connectivity index (χ2n) is 5.79. The van der Waals surface area contributed by atoms with E-state index in [0.29, 0.717) is 0 Å². The van der Waals surface area contributed by atoms with Gasteiger partial charge in [-0.25, -0.2) is 0 Å². The van der Waals surface area contributed by atoms with E-state index in [1.54, 1.807) is 0 Å². The molecule has 0 aromatic heterocycles. The van der Waals surface area contributed by atoms with Crippen molar-refractivity contribution < 1.29 is 0 Å². The van der Waals surface area contributed by atoms with Crippen molar-refractivity contribution >= 4 is 26.7 Å². The third kappa shape index (κ3) is 3.62. The van der Waals surface area contributed by atoms with Crippen molar-refractivity contribution in [2.24, 2.45) is 0 Å². The molecule has 0 unspecified atom stereocenters. The maximum Gasteiger partial charge on any atom is 0.0253 e. The molecule has 0 amide bonds. The van der Waals surface area contributed by atoms with Crippen LogP contribution in [0.3, 0.4) is 0 Å². The number of hydrogen-bond acceptors (Lipinski definition) is 1. The monoisotopic (exact) mass is 331 g/mol. The number of rotatable bonds is 7. The summed E-state index contributed by atoms with van der Waals surface area (Å²) >= 11 is 3.64. The van der Waals surface area contributed by atoms with E-state index in [1.165, 1.54) is 65.9 Å². The minimum atomic E-state index is 0.852. The summed E-state index contributed by atoms with van der Waals surface area (Å²) in [6.45, 7) is 1.20. The van der Waals surface area contributed by atoms with Crippen LogP contribution in [0.4, 0.5) is 0 Å². The molecular formula is C18H22BrN. The molecule has 0 spiro atoms. The van der Waals surface area contributed by atoms with Gasteiger partial charge >= 0.3 is 0 Å². The first-order valence-electron chi connectivity index (χ1n) is 7.74. The highest BCUT2D eigenvalue weighted by Gasteiger charge is 2.19. The Morgan fingerprint density at radius 1 is 0.950 bits per heavy atom. The molecule has 0 aliphatic heterocycles. The molecule has 106 valence electrons. The molecule has 1 nitrogen and oxygen atoms in total. The smallest absolute Gasteiger partial charge is 0.0253 e. The van der Waals surface area contributed by atoms with Gasteiger partial charge in [-0.05, 0) is 61.1 Å². The average Bonchev–Trinajstić information content (AvgIpc) is 3.29. The number of aryl methyl sites for hydroxylation is 1. The van der Waals surface area contributed by atoms with Crippen LogP contribution in [0, 0.1) is 0 Å². The van der Waals surface area contributed by atoms with Crippen LogP contribution in [0.2, 0.25) is 0 Å². The van der Waals surface area contributed by atoms with Crippen LogP contribution >= 0.6 is 15.9 Å². The summed E-state index contributed by atoms with van der Waals surface area (Å²) in [4.78, 5) is 0. The first kappa shape index (κ1) is 14.1. The summed E-state index contributed by atoms with van der Waals surface area (Å²) in [5.41, 5.74) is 1.49. The summed E-state index contributed by atoms with van der Waals surface area (Å²) in [6.07, 6.45) is 7.90. The van der Waals surface area contributed by atoms with Crippen LogP contribution in [0.1, 0.15) is 37.7 Å².